The van der Waals surface area contributed by atoms with Crippen LogP contribution >= 0.6 is 0 Å². The summed E-state index contributed by atoms with van der Waals surface area (Å²) in [6.45, 7) is 0. The van der Waals surface area contributed by atoms with Gasteiger partial charge in [-0.05, 0) is 66.9 Å². The molecule has 2 aromatic rings. The molecule has 2 heterocycles. The van der Waals surface area contributed by atoms with E-state index in [0.29, 0.717) is 30.1 Å². The molecule has 1 unspecified atom stereocenters. The van der Waals surface area contributed by atoms with Gasteiger partial charge in [0.25, 0.3) is 0 Å². The van der Waals surface area contributed by atoms with Crippen molar-refractivity contribution in [3.63, 3.8) is 0 Å². The van der Waals surface area contributed by atoms with Crippen LogP contribution in [0.1, 0.15) is 44.2 Å². The Kier molecular flexibility index (Phi) is 4.94. The van der Waals surface area contributed by atoms with Gasteiger partial charge >= 0.3 is 5.97 Å². The molecule has 0 bridgehead atoms. The van der Waals surface area contributed by atoms with Crippen LogP contribution in [0.3, 0.4) is 0 Å². The first-order chi connectivity index (χ1) is 14.2. The van der Waals surface area contributed by atoms with E-state index in [-0.39, 0.29) is 17.9 Å². The summed E-state index contributed by atoms with van der Waals surface area (Å²) in [5.41, 5.74) is 2.65. The Bertz CT molecular complexity index is 923. The van der Waals surface area contributed by atoms with Crippen LogP contribution < -0.4 is 0 Å². The number of hydrogen-bond donors (Lipinski definition) is 0. The maximum Gasteiger partial charge on any atom is 0.306 e. The number of carbonyl (C=O) groups excluding carboxylic acids is 1. The Hall–Kier alpha value is -2.49. The third-order valence-electron chi connectivity index (χ3n) is 7.10. The number of rotatable bonds is 3. The highest BCUT2D eigenvalue weighted by Gasteiger charge is 2.49. The Morgan fingerprint density at radius 1 is 1.03 bits per heavy atom. The number of fused-ring (bicyclic) bond motifs is 3. The Labute approximate surface area is 171 Å². The average molecular weight is 391 g/mol. The van der Waals surface area contributed by atoms with Crippen molar-refractivity contribution in [2.24, 2.45) is 23.7 Å². The lowest BCUT2D eigenvalue weighted by Gasteiger charge is -2.45. The molecule has 1 aromatic carbocycles. The minimum absolute atomic E-state index is 0.0106. The number of ether oxygens (including phenoxy) is 1. The Morgan fingerprint density at radius 2 is 1.90 bits per heavy atom. The number of aromatic nitrogens is 1. The first kappa shape index (κ1) is 18.5. The topological polar surface area (TPSA) is 39.2 Å². The summed E-state index contributed by atoms with van der Waals surface area (Å²) >= 11 is 0. The zero-order chi connectivity index (χ0) is 19.8. The van der Waals surface area contributed by atoms with Crippen molar-refractivity contribution >= 4 is 12.0 Å². The molecule has 1 aliphatic heterocycles. The molecule has 1 aromatic heterocycles. The van der Waals surface area contributed by atoms with Gasteiger partial charge in [-0.15, -0.1) is 0 Å². The molecule has 150 valence electrons. The molecule has 3 aliphatic rings. The summed E-state index contributed by atoms with van der Waals surface area (Å²) < 4.78 is 19.1. The van der Waals surface area contributed by atoms with Crippen molar-refractivity contribution in [1.82, 2.24) is 4.98 Å². The number of allylic oxidation sites excluding steroid dienone is 1. The summed E-state index contributed by atoms with van der Waals surface area (Å²) in [6, 6.07) is 10.5. The first-order valence-corrected chi connectivity index (χ1v) is 10.8. The first-order valence-electron chi connectivity index (χ1n) is 10.8. The molecule has 3 nitrogen and oxygen atoms in total. The van der Waals surface area contributed by atoms with E-state index in [1.165, 1.54) is 37.8 Å². The zero-order valence-electron chi connectivity index (χ0n) is 16.5. The number of pyridine rings is 1. The van der Waals surface area contributed by atoms with Gasteiger partial charge in [-0.1, -0.05) is 37.1 Å². The van der Waals surface area contributed by atoms with E-state index in [2.05, 4.69) is 17.1 Å². The van der Waals surface area contributed by atoms with E-state index in [9.17, 15) is 9.18 Å². The van der Waals surface area contributed by atoms with Gasteiger partial charge in [0.05, 0.1) is 12.1 Å². The molecule has 0 radical (unpaired) electrons. The predicted molar refractivity (Wildman–Crippen MR) is 110 cm³/mol. The third-order valence-corrected chi connectivity index (χ3v) is 7.10. The summed E-state index contributed by atoms with van der Waals surface area (Å²) in [6.07, 6.45) is 12.9. The second-order valence-corrected chi connectivity index (χ2v) is 8.75. The molecule has 5 atom stereocenters. The standard InChI is InChI=1S/C25H26FNO2/c26-19-5-3-4-16(12-19)18-9-11-20(27-15-18)10-8-17-13-24-23(14-25(28)29-24)22-7-2-1-6-21(17)22/h3-5,8-12,15,17,21-24H,1-2,6-7,13-14H2/b10-8+/t17-,21+,22-,23+,24?/m1/s1. The smallest absolute Gasteiger partial charge is 0.306 e. The fourth-order valence-electron chi connectivity index (χ4n) is 5.76. The number of esters is 1. The van der Waals surface area contributed by atoms with Crippen molar-refractivity contribution in [1.29, 1.82) is 0 Å². The lowest BCUT2D eigenvalue weighted by Crippen LogP contribution is -2.42. The van der Waals surface area contributed by atoms with Crippen LogP contribution in [0.25, 0.3) is 17.2 Å². The number of halogens is 1. The quantitative estimate of drug-likeness (QED) is 0.634. The van der Waals surface area contributed by atoms with Crippen LogP contribution in [0.2, 0.25) is 0 Å². The van der Waals surface area contributed by atoms with Crippen molar-refractivity contribution < 1.29 is 13.9 Å². The van der Waals surface area contributed by atoms with E-state index in [1.807, 2.05) is 18.2 Å². The van der Waals surface area contributed by atoms with Crippen LogP contribution in [0, 0.1) is 29.5 Å². The number of hydrogen-bond acceptors (Lipinski definition) is 3. The molecule has 2 aliphatic carbocycles. The Balaban J connectivity index is 1.33. The number of benzene rings is 1. The van der Waals surface area contributed by atoms with Crippen LogP contribution in [0.4, 0.5) is 4.39 Å². The van der Waals surface area contributed by atoms with Crippen LogP contribution in [-0.4, -0.2) is 17.1 Å². The van der Waals surface area contributed by atoms with E-state index in [4.69, 9.17) is 4.74 Å². The van der Waals surface area contributed by atoms with Gasteiger partial charge in [0, 0.05) is 17.7 Å². The van der Waals surface area contributed by atoms with Gasteiger partial charge in [0.2, 0.25) is 0 Å². The second kappa shape index (κ2) is 7.74. The van der Waals surface area contributed by atoms with Gasteiger partial charge in [-0.3, -0.25) is 9.78 Å². The molecular weight excluding hydrogens is 365 g/mol. The maximum absolute atomic E-state index is 13.4. The van der Waals surface area contributed by atoms with E-state index in [1.54, 1.807) is 12.3 Å². The highest BCUT2D eigenvalue weighted by molar-refractivity contribution is 5.72. The third kappa shape index (κ3) is 3.73. The predicted octanol–water partition coefficient (Wildman–Crippen LogP) is 5.66. The van der Waals surface area contributed by atoms with Crippen molar-refractivity contribution in [2.45, 2.75) is 44.6 Å². The molecule has 1 saturated heterocycles. The summed E-state index contributed by atoms with van der Waals surface area (Å²) in [7, 11) is 0. The van der Waals surface area contributed by atoms with E-state index >= 15 is 0 Å². The van der Waals surface area contributed by atoms with Gasteiger partial charge < -0.3 is 4.74 Å². The minimum Gasteiger partial charge on any atom is -0.462 e. The van der Waals surface area contributed by atoms with Crippen molar-refractivity contribution in [3.05, 3.63) is 60.2 Å². The SMILES string of the molecule is O=C1C[C@@H]2C(C[C@@H](/C=C/c3ccc(-c4cccc(F)c4)cn3)[C@@H]3CCCC[C@H]32)O1. The molecule has 0 spiro atoms. The molecule has 0 amide bonds. The number of nitrogens with zero attached hydrogens (tertiary/aromatic N) is 1. The molecular formula is C25H26FNO2. The van der Waals surface area contributed by atoms with Crippen LogP contribution in [-0.2, 0) is 9.53 Å². The van der Waals surface area contributed by atoms with Gasteiger partial charge in [-0.2, -0.15) is 0 Å². The highest BCUT2D eigenvalue weighted by Crippen LogP contribution is 2.51. The normalized spacial score (nSPS) is 31.3. The van der Waals surface area contributed by atoms with Gasteiger partial charge in [-0.25, -0.2) is 4.39 Å². The molecule has 5 rings (SSSR count). The van der Waals surface area contributed by atoms with Crippen molar-refractivity contribution in [3.8, 4) is 11.1 Å². The largest absolute Gasteiger partial charge is 0.462 e. The van der Waals surface area contributed by atoms with E-state index < -0.39 is 0 Å². The fraction of sp³-hybridized carbons (Fsp3) is 0.440. The summed E-state index contributed by atoms with van der Waals surface area (Å²) in [4.78, 5) is 16.4. The van der Waals surface area contributed by atoms with Gasteiger partial charge in [0.15, 0.2) is 0 Å². The summed E-state index contributed by atoms with van der Waals surface area (Å²) in [5, 5.41) is 0. The van der Waals surface area contributed by atoms with Crippen LogP contribution in [0.15, 0.2) is 48.7 Å². The molecule has 3 fully saturated rings. The molecule has 0 N–H and O–H groups in total. The van der Waals surface area contributed by atoms with E-state index in [0.717, 1.165) is 23.2 Å². The molecule has 4 heteroatoms. The monoisotopic (exact) mass is 391 g/mol. The highest BCUT2D eigenvalue weighted by atomic mass is 19.1. The second-order valence-electron chi connectivity index (χ2n) is 8.75. The molecule has 29 heavy (non-hydrogen) atoms. The zero-order valence-corrected chi connectivity index (χ0v) is 16.5. The minimum atomic E-state index is -0.239. The van der Waals surface area contributed by atoms with Crippen molar-refractivity contribution in [2.75, 3.05) is 0 Å². The summed E-state index contributed by atoms with van der Waals surface area (Å²) in [5.74, 6) is 1.90. The Morgan fingerprint density at radius 3 is 2.69 bits per heavy atom. The molecule has 2 saturated carbocycles. The van der Waals surface area contributed by atoms with Gasteiger partial charge in [0.1, 0.15) is 11.9 Å². The number of carbonyl (C=O) groups is 1. The fourth-order valence-corrected chi connectivity index (χ4v) is 5.76. The lowest BCUT2D eigenvalue weighted by molar-refractivity contribution is -0.143. The maximum atomic E-state index is 13.4. The average Bonchev–Trinajstić information content (AvgIpc) is 3.13. The lowest BCUT2D eigenvalue weighted by atomic mass is 9.60. The van der Waals surface area contributed by atoms with Crippen LogP contribution in [0.5, 0.6) is 0 Å².